The highest BCUT2D eigenvalue weighted by Gasteiger charge is 2.19. The third kappa shape index (κ3) is 2.41. The summed E-state index contributed by atoms with van der Waals surface area (Å²) in [6.07, 6.45) is -0.225. The number of amides is 1. The molecule has 1 atom stereocenters. The number of rotatable bonds is 3. The number of hydrogen-bond acceptors (Lipinski definition) is 4. The summed E-state index contributed by atoms with van der Waals surface area (Å²) in [5.41, 5.74) is 0. The lowest BCUT2D eigenvalue weighted by molar-refractivity contribution is -0.121. The van der Waals surface area contributed by atoms with Crippen molar-refractivity contribution in [3.8, 4) is 0 Å². The van der Waals surface area contributed by atoms with Gasteiger partial charge in [0.15, 0.2) is 12.0 Å². The van der Waals surface area contributed by atoms with Crippen LogP contribution in [0.4, 0.5) is 0 Å². The van der Waals surface area contributed by atoms with Gasteiger partial charge in [-0.2, -0.15) is 0 Å². The SMILES string of the molecule is CC(=O)N[C@@H](O)C(=O)c1ccco1. The van der Waals surface area contributed by atoms with Crippen molar-refractivity contribution >= 4 is 11.7 Å². The number of furan rings is 1. The lowest BCUT2D eigenvalue weighted by atomic mass is 10.3. The zero-order valence-corrected chi connectivity index (χ0v) is 6.98. The van der Waals surface area contributed by atoms with Crippen molar-refractivity contribution in [1.82, 2.24) is 5.32 Å². The fourth-order valence-corrected chi connectivity index (χ4v) is 0.812. The second-order valence-electron chi connectivity index (χ2n) is 2.44. The van der Waals surface area contributed by atoms with E-state index in [4.69, 9.17) is 9.52 Å². The van der Waals surface area contributed by atoms with Crippen molar-refractivity contribution in [3.63, 3.8) is 0 Å². The molecule has 0 radical (unpaired) electrons. The third-order valence-electron chi connectivity index (χ3n) is 1.35. The Labute approximate surface area is 74.4 Å². The molecule has 1 amide bonds. The average molecular weight is 183 g/mol. The monoisotopic (exact) mass is 183 g/mol. The minimum absolute atomic E-state index is 0.0150. The highest BCUT2D eigenvalue weighted by Crippen LogP contribution is 2.02. The summed E-state index contributed by atoms with van der Waals surface area (Å²) in [6.45, 7) is 1.21. The number of aliphatic hydroxyl groups is 1. The Hall–Kier alpha value is -1.62. The van der Waals surface area contributed by atoms with Gasteiger partial charge in [-0.05, 0) is 12.1 Å². The Bertz CT molecular complexity index is 304. The Morgan fingerprint density at radius 1 is 1.62 bits per heavy atom. The Kier molecular flexibility index (Phi) is 2.81. The van der Waals surface area contributed by atoms with Crippen LogP contribution in [0.5, 0.6) is 0 Å². The topological polar surface area (TPSA) is 79.5 Å². The van der Waals surface area contributed by atoms with Gasteiger partial charge in [0.1, 0.15) is 0 Å². The van der Waals surface area contributed by atoms with Crippen molar-refractivity contribution in [2.24, 2.45) is 0 Å². The molecule has 5 nitrogen and oxygen atoms in total. The molecule has 0 spiro atoms. The summed E-state index contributed by atoms with van der Waals surface area (Å²) in [5.74, 6) is -1.13. The number of carbonyl (C=O) groups is 2. The Morgan fingerprint density at radius 2 is 2.31 bits per heavy atom. The number of carbonyl (C=O) groups excluding carboxylic acids is 2. The number of aliphatic hydroxyl groups excluding tert-OH is 1. The first kappa shape index (κ1) is 9.47. The molecule has 0 aliphatic rings. The van der Waals surface area contributed by atoms with E-state index < -0.39 is 17.9 Å². The predicted molar refractivity (Wildman–Crippen MR) is 42.9 cm³/mol. The molecule has 1 aromatic rings. The molecular formula is C8H9NO4. The van der Waals surface area contributed by atoms with Crippen molar-refractivity contribution < 1.29 is 19.1 Å². The molecule has 0 aromatic carbocycles. The molecule has 0 unspecified atom stereocenters. The van der Waals surface area contributed by atoms with E-state index in [1.807, 2.05) is 5.32 Å². The van der Waals surface area contributed by atoms with E-state index in [0.29, 0.717) is 0 Å². The van der Waals surface area contributed by atoms with Crippen LogP contribution in [0.15, 0.2) is 22.8 Å². The van der Waals surface area contributed by atoms with Crippen LogP contribution in [0.25, 0.3) is 0 Å². The van der Waals surface area contributed by atoms with Crippen LogP contribution in [0.3, 0.4) is 0 Å². The standard InChI is InChI=1S/C8H9NO4/c1-5(10)9-8(12)7(11)6-3-2-4-13-6/h2-4,8,12H,1H3,(H,9,10)/t8-/m0/s1. The van der Waals surface area contributed by atoms with E-state index in [1.165, 1.54) is 25.3 Å². The maximum Gasteiger partial charge on any atom is 0.246 e. The summed E-state index contributed by atoms with van der Waals surface area (Å²) >= 11 is 0. The van der Waals surface area contributed by atoms with Crippen molar-refractivity contribution in [2.75, 3.05) is 0 Å². The summed E-state index contributed by atoms with van der Waals surface area (Å²) in [5, 5.41) is 11.2. The van der Waals surface area contributed by atoms with E-state index >= 15 is 0 Å². The first-order chi connectivity index (χ1) is 6.11. The second-order valence-corrected chi connectivity index (χ2v) is 2.44. The number of hydrogen-bond donors (Lipinski definition) is 2. The normalized spacial score (nSPS) is 12.2. The lowest BCUT2D eigenvalue weighted by Crippen LogP contribution is -2.39. The van der Waals surface area contributed by atoms with Gasteiger partial charge in [0.05, 0.1) is 6.26 Å². The van der Waals surface area contributed by atoms with E-state index in [0.717, 1.165) is 0 Å². The largest absolute Gasteiger partial charge is 0.461 e. The summed E-state index contributed by atoms with van der Waals surface area (Å²) in [4.78, 5) is 21.7. The third-order valence-corrected chi connectivity index (χ3v) is 1.35. The number of Topliss-reactive ketones (excluding diaryl/α,β-unsaturated/α-hetero) is 1. The van der Waals surface area contributed by atoms with Gasteiger partial charge in [0, 0.05) is 6.92 Å². The van der Waals surface area contributed by atoms with Gasteiger partial charge >= 0.3 is 0 Å². The summed E-state index contributed by atoms with van der Waals surface area (Å²) in [7, 11) is 0. The quantitative estimate of drug-likeness (QED) is 0.507. The van der Waals surface area contributed by atoms with Crippen LogP contribution in [0.1, 0.15) is 17.5 Å². The molecule has 0 saturated heterocycles. The van der Waals surface area contributed by atoms with Crippen LogP contribution >= 0.6 is 0 Å². The zero-order valence-electron chi connectivity index (χ0n) is 6.98. The van der Waals surface area contributed by atoms with Crippen molar-refractivity contribution in [2.45, 2.75) is 13.2 Å². The van der Waals surface area contributed by atoms with Gasteiger partial charge in [0.2, 0.25) is 11.7 Å². The first-order valence-electron chi connectivity index (χ1n) is 3.64. The van der Waals surface area contributed by atoms with Crippen LogP contribution < -0.4 is 5.32 Å². The number of nitrogens with one attached hydrogen (secondary N) is 1. The van der Waals surface area contributed by atoms with Crippen LogP contribution in [0.2, 0.25) is 0 Å². The van der Waals surface area contributed by atoms with E-state index in [-0.39, 0.29) is 5.76 Å². The maximum atomic E-state index is 11.2. The summed E-state index contributed by atoms with van der Waals surface area (Å²) in [6, 6.07) is 2.93. The second kappa shape index (κ2) is 3.86. The molecule has 1 rings (SSSR count). The molecule has 1 heterocycles. The first-order valence-corrected chi connectivity index (χ1v) is 3.64. The zero-order chi connectivity index (χ0) is 9.84. The van der Waals surface area contributed by atoms with Gasteiger partial charge in [-0.1, -0.05) is 0 Å². The maximum absolute atomic E-state index is 11.2. The lowest BCUT2D eigenvalue weighted by Gasteiger charge is -2.07. The van der Waals surface area contributed by atoms with Crippen LogP contribution in [-0.4, -0.2) is 23.0 Å². The molecule has 70 valence electrons. The van der Waals surface area contributed by atoms with E-state index in [9.17, 15) is 9.59 Å². The minimum atomic E-state index is -1.54. The fraction of sp³-hybridized carbons (Fsp3) is 0.250. The van der Waals surface area contributed by atoms with Gasteiger partial charge in [-0.15, -0.1) is 0 Å². The molecule has 0 fully saturated rings. The molecular weight excluding hydrogens is 174 g/mol. The average Bonchev–Trinajstić information content (AvgIpc) is 2.53. The van der Waals surface area contributed by atoms with Gasteiger partial charge in [-0.3, -0.25) is 9.59 Å². The molecule has 13 heavy (non-hydrogen) atoms. The molecule has 1 aromatic heterocycles. The highest BCUT2D eigenvalue weighted by atomic mass is 16.3. The van der Waals surface area contributed by atoms with Crippen LogP contribution in [-0.2, 0) is 4.79 Å². The van der Waals surface area contributed by atoms with Crippen molar-refractivity contribution in [3.05, 3.63) is 24.2 Å². The Balaban J connectivity index is 2.63. The summed E-state index contributed by atoms with van der Waals surface area (Å²) < 4.78 is 4.74. The molecule has 5 heteroatoms. The van der Waals surface area contributed by atoms with Crippen molar-refractivity contribution in [1.29, 1.82) is 0 Å². The Morgan fingerprint density at radius 3 is 2.77 bits per heavy atom. The number of ketones is 1. The smallest absolute Gasteiger partial charge is 0.246 e. The van der Waals surface area contributed by atoms with E-state index in [2.05, 4.69) is 0 Å². The van der Waals surface area contributed by atoms with Gasteiger partial charge < -0.3 is 14.8 Å². The predicted octanol–water partition coefficient (Wildman–Crippen LogP) is -0.0832. The molecule has 0 aliphatic carbocycles. The molecule has 0 bridgehead atoms. The molecule has 0 aliphatic heterocycles. The van der Waals surface area contributed by atoms with Gasteiger partial charge in [0.25, 0.3) is 0 Å². The van der Waals surface area contributed by atoms with Gasteiger partial charge in [-0.25, -0.2) is 0 Å². The molecule has 2 N–H and O–H groups in total. The minimum Gasteiger partial charge on any atom is -0.461 e. The van der Waals surface area contributed by atoms with E-state index in [1.54, 1.807) is 0 Å². The highest BCUT2D eigenvalue weighted by molar-refractivity contribution is 5.98. The molecule has 0 saturated carbocycles. The van der Waals surface area contributed by atoms with Crippen LogP contribution in [0, 0.1) is 0 Å². The fourth-order valence-electron chi connectivity index (χ4n) is 0.812.